The minimum Gasteiger partial charge on any atom is -0.493 e. The third-order valence-electron chi connectivity index (χ3n) is 4.34. The van der Waals surface area contributed by atoms with Gasteiger partial charge in [0.2, 0.25) is 11.7 Å². The summed E-state index contributed by atoms with van der Waals surface area (Å²) in [6.07, 6.45) is 0.857. The molecule has 2 aromatic carbocycles. The van der Waals surface area contributed by atoms with E-state index in [1.165, 1.54) is 11.3 Å². The van der Waals surface area contributed by atoms with Gasteiger partial charge in [0.05, 0.1) is 31.5 Å². The fourth-order valence-corrected chi connectivity index (χ4v) is 3.82. The number of benzene rings is 2. The molecule has 0 saturated heterocycles. The average Bonchev–Trinajstić information content (AvgIpc) is 3.14. The molecule has 0 radical (unpaired) electrons. The van der Waals surface area contributed by atoms with Crippen LogP contribution in [0.25, 0.3) is 10.2 Å². The summed E-state index contributed by atoms with van der Waals surface area (Å²) in [6.45, 7) is 0. The quantitative estimate of drug-likeness (QED) is 0.616. The van der Waals surface area contributed by atoms with Crippen LogP contribution in [-0.4, -0.2) is 39.3 Å². The van der Waals surface area contributed by atoms with Gasteiger partial charge in [-0.1, -0.05) is 29.5 Å². The summed E-state index contributed by atoms with van der Waals surface area (Å²) in [7, 11) is 6.48. The zero-order chi connectivity index (χ0) is 19.4. The Balaban J connectivity index is 1.75. The van der Waals surface area contributed by atoms with Crippen LogP contribution in [0.2, 0.25) is 0 Å². The normalized spacial score (nSPS) is 10.7. The SMILES string of the molecule is COc1ccc(CCC(=O)N(C)c2nc3ccccc3s2)c(OC)c1OC. The van der Waals surface area contributed by atoms with E-state index >= 15 is 0 Å². The van der Waals surface area contributed by atoms with Gasteiger partial charge in [-0.3, -0.25) is 9.69 Å². The van der Waals surface area contributed by atoms with Crippen molar-refractivity contribution in [2.45, 2.75) is 12.8 Å². The lowest BCUT2D eigenvalue weighted by molar-refractivity contribution is -0.118. The smallest absolute Gasteiger partial charge is 0.228 e. The molecule has 3 rings (SSSR count). The summed E-state index contributed by atoms with van der Waals surface area (Å²) >= 11 is 1.51. The average molecular weight is 386 g/mol. The Morgan fingerprint density at radius 3 is 2.44 bits per heavy atom. The molecule has 0 N–H and O–H groups in total. The molecule has 0 bridgehead atoms. The molecule has 0 aliphatic heterocycles. The molecule has 0 fully saturated rings. The van der Waals surface area contributed by atoms with E-state index in [1.807, 2.05) is 36.4 Å². The Morgan fingerprint density at radius 1 is 1.04 bits per heavy atom. The number of fused-ring (bicyclic) bond motifs is 1. The highest BCUT2D eigenvalue weighted by Gasteiger charge is 2.19. The van der Waals surface area contributed by atoms with Crippen molar-refractivity contribution < 1.29 is 19.0 Å². The van der Waals surface area contributed by atoms with E-state index in [9.17, 15) is 4.79 Å². The van der Waals surface area contributed by atoms with E-state index in [1.54, 1.807) is 33.3 Å². The number of aryl methyl sites for hydroxylation is 1. The number of rotatable bonds is 7. The van der Waals surface area contributed by atoms with E-state index in [-0.39, 0.29) is 5.91 Å². The van der Waals surface area contributed by atoms with E-state index in [2.05, 4.69) is 4.98 Å². The van der Waals surface area contributed by atoms with E-state index in [4.69, 9.17) is 14.2 Å². The fourth-order valence-electron chi connectivity index (χ4n) is 2.88. The minimum absolute atomic E-state index is 0.00843. The summed E-state index contributed by atoms with van der Waals surface area (Å²) in [5.74, 6) is 1.71. The summed E-state index contributed by atoms with van der Waals surface area (Å²) in [4.78, 5) is 18.8. The number of carbonyl (C=O) groups is 1. The van der Waals surface area contributed by atoms with E-state index < -0.39 is 0 Å². The van der Waals surface area contributed by atoms with Gasteiger partial charge in [-0.05, 0) is 30.2 Å². The molecule has 7 heteroatoms. The third-order valence-corrected chi connectivity index (χ3v) is 5.45. The van der Waals surface area contributed by atoms with Crippen molar-refractivity contribution in [3.05, 3.63) is 42.0 Å². The van der Waals surface area contributed by atoms with Crippen LogP contribution >= 0.6 is 11.3 Å². The molecule has 142 valence electrons. The molecular formula is C20H22N2O4S. The first-order valence-corrected chi connectivity index (χ1v) is 9.30. The molecule has 0 aliphatic rings. The molecule has 27 heavy (non-hydrogen) atoms. The summed E-state index contributed by atoms with van der Waals surface area (Å²) < 4.78 is 17.3. The predicted molar refractivity (Wildman–Crippen MR) is 107 cm³/mol. The molecule has 0 aliphatic carbocycles. The van der Waals surface area contributed by atoms with Crippen LogP contribution in [0.3, 0.4) is 0 Å². The van der Waals surface area contributed by atoms with E-state index in [0.29, 0.717) is 35.2 Å². The summed E-state index contributed by atoms with van der Waals surface area (Å²) in [5, 5.41) is 0.695. The lowest BCUT2D eigenvalue weighted by Gasteiger charge is -2.17. The number of aromatic nitrogens is 1. The van der Waals surface area contributed by atoms with Gasteiger partial charge in [-0.15, -0.1) is 0 Å². The first kappa shape index (κ1) is 19.0. The maximum Gasteiger partial charge on any atom is 0.228 e. The minimum atomic E-state index is -0.00843. The van der Waals surface area contributed by atoms with Crippen molar-refractivity contribution in [3.8, 4) is 17.2 Å². The Morgan fingerprint density at radius 2 is 1.78 bits per heavy atom. The summed E-state index contributed by atoms with van der Waals surface area (Å²) in [5.41, 5.74) is 1.79. The van der Waals surface area contributed by atoms with Crippen molar-refractivity contribution in [1.82, 2.24) is 4.98 Å². The van der Waals surface area contributed by atoms with Crippen LogP contribution in [0.4, 0.5) is 5.13 Å². The van der Waals surface area contributed by atoms with Gasteiger partial charge in [0.1, 0.15) is 0 Å². The maximum atomic E-state index is 12.7. The zero-order valence-electron chi connectivity index (χ0n) is 15.8. The van der Waals surface area contributed by atoms with Gasteiger partial charge in [0.15, 0.2) is 16.6 Å². The van der Waals surface area contributed by atoms with E-state index in [0.717, 1.165) is 15.8 Å². The lowest BCUT2D eigenvalue weighted by atomic mass is 10.1. The molecule has 0 spiro atoms. The molecule has 3 aromatic rings. The second kappa shape index (κ2) is 8.26. The van der Waals surface area contributed by atoms with Crippen LogP contribution in [0.15, 0.2) is 36.4 Å². The number of hydrogen-bond acceptors (Lipinski definition) is 6. The highest BCUT2D eigenvalue weighted by molar-refractivity contribution is 7.22. The van der Waals surface area contributed by atoms with Gasteiger partial charge in [0.25, 0.3) is 0 Å². The van der Waals surface area contributed by atoms with Crippen molar-refractivity contribution >= 4 is 32.6 Å². The van der Waals surface area contributed by atoms with Crippen molar-refractivity contribution in [3.63, 3.8) is 0 Å². The standard InChI is InChI=1S/C20H22N2O4S/c1-22(20-21-14-7-5-6-8-16(14)27-20)17(23)12-10-13-9-11-15(24-2)19(26-4)18(13)25-3/h5-9,11H,10,12H2,1-4H3. The third kappa shape index (κ3) is 3.83. The zero-order valence-corrected chi connectivity index (χ0v) is 16.6. The fraction of sp³-hybridized carbons (Fsp3) is 0.300. The number of anilines is 1. The number of para-hydroxylation sites is 1. The maximum absolute atomic E-state index is 12.7. The second-order valence-electron chi connectivity index (χ2n) is 5.91. The molecule has 0 saturated carbocycles. The largest absolute Gasteiger partial charge is 0.493 e. The Kier molecular flexibility index (Phi) is 5.81. The number of carbonyl (C=O) groups excluding carboxylic acids is 1. The highest BCUT2D eigenvalue weighted by Crippen LogP contribution is 2.40. The first-order chi connectivity index (χ1) is 13.1. The number of amides is 1. The molecule has 1 heterocycles. The molecule has 0 unspecified atom stereocenters. The Hall–Kier alpha value is -2.80. The van der Waals surface area contributed by atoms with Gasteiger partial charge in [-0.25, -0.2) is 4.98 Å². The van der Waals surface area contributed by atoms with Gasteiger partial charge >= 0.3 is 0 Å². The van der Waals surface area contributed by atoms with Crippen LogP contribution in [0.1, 0.15) is 12.0 Å². The number of thiazole rings is 1. The number of ether oxygens (including phenoxy) is 3. The predicted octanol–water partition coefficient (Wildman–Crippen LogP) is 3.92. The Bertz CT molecular complexity index is 921. The molecule has 0 atom stereocenters. The van der Waals surface area contributed by atoms with Crippen LogP contribution in [0.5, 0.6) is 17.2 Å². The second-order valence-corrected chi connectivity index (χ2v) is 6.92. The number of methoxy groups -OCH3 is 3. The highest BCUT2D eigenvalue weighted by atomic mass is 32.1. The van der Waals surface area contributed by atoms with Gasteiger partial charge < -0.3 is 14.2 Å². The Labute approximate surface area is 162 Å². The van der Waals surface area contributed by atoms with Crippen molar-refractivity contribution in [2.24, 2.45) is 0 Å². The molecule has 1 aromatic heterocycles. The summed E-state index contributed by atoms with van der Waals surface area (Å²) in [6, 6.07) is 11.6. The van der Waals surface area contributed by atoms with Crippen molar-refractivity contribution in [2.75, 3.05) is 33.3 Å². The number of hydrogen-bond donors (Lipinski definition) is 0. The lowest BCUT2D eigenvalue weighted by Crippen LogP contribution is -2.26. The molecule has 6 nitrogen and oxygen atoms in total. The monoisotopic (exact) mass is 386 g/mol. The van der Waals surface area contributed by atoms with Crippen LogP contribution < -0.4 is 19.1 Å². The van der Waals surface area contributed by atoms with Crippen LogP contribution in [-0.2, 0) is 11.2 Å². The van der Waals surface area contributed by atoms with Crippen molar-refractivity contribution in [1.29, 1.82) is 0 Å². The van der Waals surface area contributed by atoms with Gasteiger partial charge in [-0.2, -0.15) is 0 Å². The van der Waals surface area contributed by atoms with Gasteiger partial charge in [0, 0.05) is 13.5 Å². The number of nitrogens with zero attached hydrogens (tertiary/aromatic N) is 2. The molecule has 1 amide bonds. The van der Waals surface area contributed by atoms with Crippen LogP contribution in [0, 0.1) is 0 Å². The first-order valence-electron chi connectivity index (χ1n) is 8.49. The molecular weight excluding hydrogens is 364 g/mol. The topological polar surface area (TPSA) is 60.9 Å².